The number of rotatable bonds is 4. The van der Waals surface area contributed by atoms with Crippen LogP contribution in [0.15, 0.2) is 22.7 Å². The molecule has 0 radical (unpaired) electrons. The number of ether oxygens (including phenoxy) is 1. The zero-order valence-corrected chi connectivity index (χ0v) is 11.9. The van der Waals surface area contributed by atoms with Crippen LogP contribution >= 0.6 is 15.9 Å². The summed E-state index contributed by atoms with van der Waals surface area (Å²) < 4.78 is 6.87. The predicted molar refractivity (Wildman–Crippen MR) is 71.6 cm³/mol. The van der Waals surface area contributed by atoms with Crippen molar-refractivity contribution in [3.8, 4) is 5.75 Å². The van der Waals surface area contributed by atoms with Crippen LogP contribution in [0.1, 0.15) is 5.56 Å². The summed E-state index contributed by atoms with van der Waals surface area (Å²) in [5.74, 6) is 0.957. The zero-order chi connectivity index (χ0) is 12.1. The number of benzene rings is 1. The lowest BCUT2D eigenvalue weighted by Crippen LogP contribution is -3.20. The number of nitrogens with two attached hydrogens (primary N) is 1. The molecular weight excluding hydrogens is 280 g/mol. The van der Waals surface area contributed by atoms with Gasteiger partial charge in [0.25, 0.3) is 0 Å². The van der Waals surface area contributed by atoms with Gasteiger partial charge in [-0.15, -0.1) is 0 Å². The number of nitrogens with one attached hydrogen (secondary N) is 1. The first-order chi connectivity index (χ1) is 8.25. The average Bonchev–Trinajstić information content (AvgIpc) is 2.33. The van der Waals surface area contributed by atoms with E-state index in [1.807, 2.05) is 6.07 Å². The maximum atomic E-state index is 5.82. The van der Waals surface area contributed by atoms with Crippen LogP contribution in [0.4, 0.5) is 0 Å². The molecule has 3 N–H and O–H groups in total. The van der Waals surface area contributed by atoms with Gasteiger partial charge in [-0.05, 0) is 40.5 Å². The van der Waals surface area contributed by atoms with E-state index in [0.29, 0.717) is 0 Å². The van der Waals surface area contributed by atoms with Crippen LogP contribution < -0.4 is 15.0 Å². The Labute approximate surface area is 111 Å². The van der Waals surface area contributed by atoms with E-state index in [9.17, 15) is 0 Å². The van der Waals surface area contributed by atoms with E-state index in [0.717, 1.165) is 23.4 Å². The van der Waals surface area contributed by atoms with Gasteiger partial charge in [-0.1, -0.05) is 6.07 Å². The fraction of sp³-hybridized carbons (Fsp3) is 0.538. The summed E-state index contributed by atoms with van der Waals surface area (Å²) in [5.41, 5.74) is 1.25. The molecule has 1 aliphatic rings. The van der Waals surface area contributed by atoms with Gasteiger partial charge in [0.15, 0.2) is 0 Å². The second kappa shape index (κ2) is 6.38. The molecule has 0 spiro atoms. The quantitative estimate of drug-likeness (QED) is 0.779. The minimum atomic E-state index is 0.803. The smallest absolute Gasteiger partial charge is 0.137 e. The van der Waals surface area contributed by atoms with E-state index < -0.39 is 0 Å². The van der Waals surface area contributed by atoms with Gasteiger partial charge < -0.3 is 15.0 Å². The molecule has 0 amide bonds. The van der Waals surface area contributed by atoms with Crippen LogP contribution in [0.3, 0.4) is 0 Å². The largest absolute Gasteiger partial charge is 0.487 e. The minimum Gasteiger partial charge on any atom is -0.487 e. The van der Waals surface area contributed by atoms with Crippen molar-refractivity contribution in [2.45, 2.75) is 6.92 Å². The summed E-state index contributed by atoms with van der Waals surface area (Å²) >= 11 is 3.54. The number of hydrogen-bond donors (Lipinski definition) is 2. The highest BCUT2D eigenvalue weighted by Crippen LogP contribution is 2.25. The summed E-state index contributed by atoms with van der Waals surface area (Å²) in [6.07, 6.45) is 0. The number of piperazine rings is 1. The van der Waals surface area contributed by atoms with E-state index in [4.69, 9.17) is 4.74 Å². The van der Waals surface area contributed by atoms with Gasteiger partial charge in [0.2, 0.25) is 0 Å². The van der Waals surface area contributed by atoms with Crippen LogP contribution in [0.25, 0.3) is 0 Å². The van der Waals surface area contributed by atoms with Gasteiger partial charge in [0, 0.05) is 0 Å². The Hall–Kier alpha value is -0.580. The summed E-state index contributed by atoms with van der Waals surface area (Å²) in [6.45, 7) is 9.03. The lowest BCUT2D eigenvalue weighted by Gasteiger charge is -2.22. The molecule has 1 aliphatic heterocycles. The molecule has 1 aromatic carbocycles. The Kier molecular flexibility index (Phi) is 4.83. The second-order valence-corrected chi connectivity index (χ2v) is 5.50. The second-order valence-electron chi connectivity index (χ2n) is 4.65. The van der Waals surface area contributed by atoms with E-state index in [2.05, 4.69) is 40.3 Å². The monoisotopic (exact) mass is 300 g/mol. The molecule has 94 valence electrons. The van der Waals surface area contributed by atoms with Crippen molar-refractivity contribution >= 4 is 15.9 Å². The molecule has 1 aromatic rings. The number of hydrogen-bond acceptors (Lipinski definition) is 1. The minimum absolute atomic E-state index is 0.803. The first-order valence-corrected chi connectivity index (χ1v) is 7.09. The Balaban J connectivity index is 1.77. The van der Waals surface area contributed by atoms with E-state index >= 15 is 0 Å². The Morgan fingerprint density at radius 2 is 2.12 bits per heavy atom. The number of halogens is 1. The van der Waals surface area contributed by atoms with Crippen molar-refractivity contribution in [2.24, 2.45) is 0 Å². The van der Waals surface area contributed by atoms with Crippen molar-refractivity contribution in [1.29, 1.82) is 0 Å². The predicted octanol–water partition coefficient (Wildman–Crippen LogP) is -0.402. The molecular formula is C13H21BrN2O+2. The maximum absolute atomic E-state index is 5.82. The van der Waals surface area contributed by atoms with E-state index in [-0.39, 0.29) is 0 Å². The summed E-state index contributed by atoms with van der Waals surface area (Å²) in [7, 11) is 0. The first kappa shape index (κ1) is 12.9. The van der Waals surface area contributed by atoms with Crippen molar-refractivity contribution in [3.05, 3.63) is 28.2 Å². The molecule has 3 nitrogen and oxygen atoms in total. The fourth-order valence-electron chi connectivity index (χ4n) is 2.16. The molecule has 2 rings (SSSR count). The summed E-state index contributed by atoms with van der Waals surface area (Å²) in [5, 5.41) is 2.39. The molecule has 1 saturated heterocycles. The molecule has 0 saturated carbocycles. The summed E-state index contributed by atoms with van der Waals surface area (Å²) in [4.78, 5) is 1.66. The van der Waals surface area contributed by atoms with Crippen LogP contribution in [0.5, 0.6) is 5.75 Å². The normalized spacial score (nSPS) is 17.1. The number of aryl methyl sites for hydroxylation is 1. The van der Waals surface area contributed by atoms with Crippen molar-refractivity contribution in [2.75, 3.05) is 39.3 Å². The van der Waals surface area contributed by atoms with Crippen molar-refractivity contribution in [1.82, 2.24) is 0 Å². The molecule has 0 aliphatic carbocycles. The fourth-order valence-corrected chi connectivity index (χ4v) is 2.77. The van der Waals surface area contributed by atoms with Crippen LogP contribution in [0.2, 0.25) is 0 Å². The SMILES string of the molecule is Cc1ccc(OCC[NH+]2CC[NH2+]CC2)c(Br)c1. The molecule has 0 unspecified atom stereocenters. The van der Waals surface area contributed by atoms with Gasteiger partial charge in [0.05, 0.1) is 4.47 Å². The molecule has 4 heteroatoms. The Morgan fingerprint density at radius 1 is 1.35 bits per heavy atom. The average molecular weight is 301 g/mol. The molecule has 1 heterocycles. The highest BCUT2D eigenvalue weighted by atomic mass is 79.9. The molecule has 0 bridgehead atoms. The third-order valence-corrected chi connectivity index (χ3v) is 3.82. The van der Waals surface area contributed by atoms with Crippen molar-refractivity contribution < 1.29 is 15.0 Å². The van der Waals surface area contributed by atoms with Gasteiger partial charge in [0.1, 0.15) is 45.1 Å². The zero-order valence-electron chi connectivity index (χ0n) is 10.3. The first-order valence-electron chi connectivity index (χ1n) is 6.30. The van der Waals surface area contributed by atoms with Gasteiger partial charge in [-0.25, -0.2) is 0 Å². The van der Waals surface area contributed by atoms with Crippen LogP contribution in [0, 0.1) is 6.92 Å². The highest BCUT2D eigenvalue weighted by molar-refractivity contribution is 9.10. The molecule has 0 aromatic heterocycles. The molecule has 1 fully saturated rings. The van der Waals surface area contributed by atoms with Crippen LogP contribution in [-0.2, 0) is 0 Å². The number of quaternary nitrogens is 2. The Bertz CT molecular complexity index is 364. The maximum Gasteiger partial charge on any atom is 0.137 e. The standard InChI is InChI=1S/C13H19BrN2O/c1-11-2-3-13(12(14)10-11)17-9-8-16-6-4-15-5-7-16/h2-3,10,15H,4-9H2,1H3/p+2. The summed E-state index contributed by atoms with van der Waals surface area (Å²) in [6, 6.07) is 6.22. The third kappa shape index (κ3) is 3.98. The topological polar surface area (TPSA) is 30.3 Å². The van der Waals surface area contributed by atoms with Gasteiger partial charge >= 0.3 is 0 Å². The molecule has 0 atom stereocenters. The van der Waals surface area contributed by atoms with Gasteiger partial charge in [-0.2, -0.15) is 0 Å². The van der Waals surface area contributed by atoms with E-state index in [1.54, 1.807) is 4.90 Å². The van der Waals surface area contributed by atoms with E-state index in [1.165, 1.54) is 31.7 Å². The third-order valence-electron chi connectivity index (χ3n) is 3.20. The van der Waals surface area contributed by atoms with Gasteiger partial charge in [-0.3, -0.25) is 0 Å². The van der Waals surface area contributed by atoms with Crippen molar-refractivity contribution in [3.63, 3.8) is 0 Å². The Morgan fingerprint density at radius 3 is 2.82 bits per heavy atom. The lowest BCUT2D eigenvalue weighted by atomic mass is 10.2. The molecule has 17 heavy (non-hydrogen) atoms. The highest BCUT2D eigenvalue weighted by Gasteiger charge is 2.15. The lowest BCUT2D eigenvalue weighted by molar-refractivity contribution is -0.946. The van der Waals surface area contributed by atoms with Crippen LogP contribution in [-0.4, -0.2) is 39.3 Å².